The van der Waals surface area contributed by atoms with E-state index in [0.29, 0.717) is 0 Å². The first-order valence-corrected chi connectivity index (χ1v) is 5.35. The highest BCUT2D eigenvalue weighted by Gasteiger charge is 2.28. The average molecular weight is 187 g/mol. The SMILES string of the molecule is Cc1c(C2CCC2)[nH]c2cccc[n+]12. The second kappa shape index (κ2) is 2.84. The van der Waals surface area contributed by atoms with Gasteiger partial charge in [-0.05, 0) is 18.9 Å². The minimum atomic E-state index is 0.787. The van der Waals surface area contributed by atoms with Crippen molar-refractivity contribution in [3.8, 4) is 0 Å². The highest BCUT2D eigenvalue weighted by atomic mass is 15.0. The van der Waals surface area contributed by atoms with Crippen molar-refractivity contribution in [3.05, 3.63) is 35.8 Å². The number of hydrogen-bond acceptors (Lipinski definition) is 0. The Kier molecular flexibility index (Phi) is 1.63. The molecular weight excluding hydrogens is 172 g/mol. The van der Waals surface area contributed by atoms with E-state index in [1.807, 2.05) is 0 Å². The van der Waals surface area contributed by atoms with Crippen LogP contribution in [0.15, 0.2) is 24.4 Å². The number of H-pyrrole nitrogens is 1. The van der Waals surface area contributed by atoms with Gasteiger partial charge in [0.2, 0.25) is 0 Å². The van der Waals surface area contributed by atoms with Gasteiger partial charge in [0.15, 0.2) is 0 Å². The molecule has 14 heavy (non-hydrogen) atoms. The Labute approximate surface area is 83.6 Å². The molecule has 1 N–H and O–H groups in total. The van der Waals surface area contributed by atoms with Crippen molar-refractivity contribution in [1.29, 1.82) is 0 Å². The van der Waals surface area contributed by atoms with Crippen molar-refractivity contribution in [2.24, 2.45) is 0 Å². The van der Waals surface area contributed by atoms with Crippen LogP contribution in [0.3, 0.4) is 0 Å². The van der Waals surface area contributed by atoms with Crippen LogP contribution < -0.4 is 4.40 Å². The van der Waals surface area contributed by atoms with Gasteiger partial charge in [-0.1, -0.05) is 12.5 Å². The summed E-state index contributed by atoms with van der Waals surface area (Å²) in [6.07, 6.45) is 6.23. The smallest absolute Gasteiger partial charge is 0.240 e. The molecule has 0 radical (unpaired) electrons. The van der Waals surface area contributed by atoms with E-state index in [2.05, 4.69) is 40.7 Å². The molecule has 0 unspecified atom stereocenters. The average Bonchev–Trinajstić information content (AvgIpc) is 2.43. The maximum Gasteiger partial charge on any atom is 0.284 e. The summed E-state index contributed by atoms with van der Waals surface area (Å²) in [6, 6.07) is 6.30. The second-order valence-corrected chi connectivity index (χ2v) is 4.21. The quantitative estimate of drug-likeness (QED) is 0.661. The monoisotopic (exact) mass is 187 g/mol. The van der Waals surface area contributed by atoms with Crippen molar-refractivity contribution in [3.63, 3.8) is 0 Å². The van der Waals surface area contributed by atoms with E-state index in [0.717, 1.165) is 5.92 Å². The molecule has 0 saturated heterocycles. The molecule has 0 atom stereocenters. The summed E-state index contributed by atoms with van der Waals surface area (Å²) in [6.45, 7) is 2.21. The Bertz CT molecular complexity index is 466. The molecule has 72 valence electrons. The molecule has 2 aromatic heterocycles. The minimum absolute atomic E-state index is 0.787. The zero-order valence-corrected chi connectivity index (χ0v) is 8.46. The molecule has 0 amide bonds. The van der Waals surface area contributed by atoms with E-state index >= 15 is 0 Å². The number of nitrogens with zero attached hydrogens (tertiary/aromatic N) is 1. The standard InChI is InChI=1S/C12H14N2/c1-9-12(10-5-4-6-10)13-11-7-2-3-8-14(9)11/h2-3,7-8,10H,4-6H2,1H3/p+1. The summed E-state index contributed by atoms with van der Waals surface area (Å²) in [5, 5.41) is 0. The molecule has 3 rings (SSSR count). The number of fused-ring (bicyclic) bond motifs is 1. The fourth-order valence-corrected chi connectivity index (χ4v) is 2.29. The van der Waals surface area contributed by atoms with Gasteiger partial charge in [-0.2, -0.15) is 0 Å². The highest BCUT2D eigenvalue weighted by molar-refractivity contribution is 5.33. The predicted molar refractivity (Wildman–Crippen MR) is 55.3 cm³/mol. The van der Waals surface area contributed by atoms with Crippen LogP contribution in [0.25, 0.3) is 5.65 Å². The van der Waals surface area contributed by atoms with Crippen molar-refractivity contribution >= 4 is 5.65 Å². The van der Waals surface area contributed by atoms with Crippen molar-refractivity contribution in [2.75, 3.05) is 0 Å². The first-order chi connectivity index (χ1) is 6.86. The van der Waals surface area contributed by atoms with Crippen molar-refractivity contribution in [1.82, 2.24) is 4.98 Å². The van der Waals surface area contributed by atoms with Crippen molar-refractivity contribution < 1.29 is 4.40 Å². The molecule has 0 aromatic carbocycles. The number of nitrogens with one attached hydrogen (secondary N) is 1. The van der Waals surface area contributed by atoms with Gasteiger partial charge < -0.3 is 0 Å². The lowest BCUT2D eigenvalue weighted by molar-refractivity contribution is -0.518. The van der Waals surface area contributed by atoms with Gasteiger partial charge in [0.1, 0.15) is 11.4 Å². The fourth-order valence-electron chi connectivity index (χ4n) is 2.29. The maximum atomic E-state index is 3.53. The van der Waals surface area contributed by atoms with E-state index in [9.17, 15) is 0 Å². The summed E-state index contributed by atoms with van der Waals surface area (Å²) >= 11 is 0. The highest BCUT2D eigenvalue weighted by Crippen LogP contribution is 2.36. The van der Waals surface area contributed by atoms with Crippen LogP contribution in [0.2, 0.25) is 0 Å². The molecule has 1 saturated carbocycles. The molecule has 1 aliphatic carbocycles. The summed E-state index contributed by atoms with van der Waals surface area (Å²) in [4.78, 5) is 3.53. The van der Waals surface area contributed by atoms with Gasteiger partial charge in [0, 0.05) is 18.9 Å². The van der Waals surface area contributed by atoms with E-state index in [-0.39, 0.29) is 0 Å². The van der Waals surface area contributed by atoms with Crippen LogP contribution >= 0.6 is 0 Å². The Morgan fingerprint density at radius 3 is 2.86 bits per heavy atom. The third kappa shape index (κ3) is 0.999. The van der Waals surface area contributed by atoms with Crippen LogP contribution in [0.4, 0.5) is 0 Å². The molecule has 2 heteroatoms. The number of aromatic amines is 1. The third-order valence-corrected chi connectivity index (χ3v) is 3.39. The lowest BCUT2D eigenvalue weighted by atomic mass is 9.82. The molecular formula is C12H15N2+. The summed E-state index contributed by atoms with van der Waals surface area (Å²) < 4.78 is 2.24. The number of hydrogen-bond donors (Lipinski definition) is 1. The summed E-state index contributed by atoms with van der Waals surface area (Å²) in [5.74, 6) is 0.787. The number of pyridine rings is 1. The molecule has 2 aromatic rings. The minimum Gasteiger partial charge on any atom is -0.240 e. The Morgan fingerprint density at radius 1 is 1.36 bits per heavy atom. The molecule has 2 heterocycles. The second-order valence-electron chi connectivity index (χ2n) is 4.21. The lowest BCUT2D eigenvalue weighted by Gasteiger charge is -2.21. The van der Waals surface area contributed by atoms with E-state index < -0.39 is 0 Å². The van der Waals surface area contributed by atoms with Crippen LogP contribution in [0.5, 0.6) is 0 Å². The first-order valence-electron chi connectivity index (χ1n) is 5.35. The molecule has 0 spiro atoms. The fraction of sp³-hybridized carbons (Fsp3) is 0.417. The summed E-state index contributed by atoms with van der Waals surface area (Å²) in [7, 11) is 0. The lowest BCUT2D eigenvalue weighted by Crippen LogP contribution is -2.22. The van der Waals surface area contributed by atoms with Gasteiger partial charge >= 0.3 is 0 Å². The Balaban J connectivity index is 2.19. The van der Waals surface area contributed by atoms with E-state index in [4.69, 9.17) is 0 Å². The van der Waals surface area contributed by atoms with Gasteiger partial charge in [-0.25, -0.2) is 9.38 Å². The molecule has 2 nitrogen and oxygen atoms in total. The summed E-state index contributed by atoms with van der Waals surface area (Å²) in [5.41, 5.74) is 4.04. The molecule has 1 aliphatic rings. The van der Waals surface area contributed by atoms with Crippen molar-refractivity contribution in [2.45, 2.75) is 32.1 Å². The number of rotatable bonds is 1. The number of aryl methyl sites for hydroxylation is 1. The number of aromatic nitrogens is 2. The van der Waals surface area contributed by atoms with E-state index in [1.54, 1.807) is 0 Å². The van der Waals surface area contributed by atoms with Gasteiger partial charge in [0.05, 0.1) is 6.20 Å². The molecule has 1 fully saturated rings. The van der Waals surface area contributed by atoms with Gasteiger partial charge in [0.25, 0.3) is 5.65 Å². The largest absolute Gasteiger partial charge is 0.284 e. The van der Waals surface area contributed by atoms with Crippen LogP contribution in [0.1, 0.15) is 36.6 Å². The topological polar surface area (TPSA) is 19.9 Å². The normalized spacial score (nSPS) is 17.2. The Hall–Kier alpha value is -1.31. The first kappa shape index (κ1) is 8.04. The van der Waals surface area contributed by atoms with E-state index in [1.165, 1.54) is 36.3 Å². The molecule has 0 bridgehead atoms. The zero-order chi connectivity index (χ0) is 9.54. The van der Waals surface area contributed by atoms with Gasteiger partial charge in [-0.15, -0.1) is 0 Å². The maximum absolute atomic E-state index is 3.53. The van der Waals surface area contributed by atoms with Crippen LogP contribution in [0, 0.1) is 6.92 Å². The third-order valence-electron chi connectivity index (χ3n) is 3.39. The van der Waals surface area contributed by atoms with Crippen LogP contribution in [-0.2, 0) is 0 Å². The molecule has 0 aliphatic heterocycles. The van der Waals surface area contributed by atoms with Crippen LogP contribution in [-0.4, -0.2) is 4.98 Å². The zero-order valence-electron chi connectivity index (χ0n) is 8.46. The predicted octanol–water partition coefficient (Wildman–Crippen LogP) is 2.33. The number of imidazole rings is 1. The van der Waals surface area contributed by atoms with Gasteiger partial charge in [-0.3, -0.25) is 0 Å². The Morgan fingerprint density at radius 2 is 2.21 bits per heavy atom.